The van der Waals surface area contributed by atoms with E-state index in [0.29, 0.717) is 12.1 Å². The molecule has 20 heavy (non-hydrogen) atoms. The number of carbonyl (C=O) groups is 1. The Balaban J connectivity index is 1.81. The predicted molar refractivity (Wildman–Crippen MR) is 75.0 cm³/mol. The zero-order chi connectivity index (χ0) is 14.2. The molecular formula is C14H19N3O3. The summed E-state index contributed by atoms with van der Waals surface area (Å²) in [6.07, 6.45) is 0. The molecule has 1 fully saturated rings. The van der Waals surface area contributed by atoms with Crippen molar-refractivity contribution in [2.45, 2.75) is 0 Å². The number of amides is 1. The van der Waals surface area contributed by atoms with Gasteiger partial charge in [-0.15, -0.1) is 0 Å². The van der Waals surface area contributed by atoms with Gasteiger partial charge >= 0.3 is 0 Å². The van der Waals surface area contributed by atoms with Crippen molar-refractivity contribution in [2.24, 2.45) is 5.16 Å². The molecule has 1 aromatic carbocycles. The van der Waals surface area contributed by atoms with Crippen molar-refractivity contribution in [2.75, 3.05) is 39.4 Å². The number of hydrogen-bond acceptors (Lipinski definition) is 5. The van der Waals surface area contributed by atoms with Crippen molar-refractivity contribution in [3.05, 3.63) is 35.9 Å². The van der Waals surface area contributed by atoms with Gasteiger partial charge in [0.1, 0.15) is 0 Å². The zero-order valence-corrected chi connectivity index (χ0v) is 11.3. The first-order chi connectivity index (χ1) is 9.81. The molecule has 2 rings (SSSR count). The molecule has 6 heteroatoms. The molecule has 1 aromatic rings. The van der Waals surface area contributed by atoms with Crippen LogP contribution in [0.2, 0.25) is 0 Å². The summed E-state index contributed by atoms with van der Waals surface area (Å²) in [5, 5.41) is 14.9. The Morgan fingerprint density at radius 3 is 2.65 bits per heavy atom. The lowest BCUT2D eigenvalue weighted by Crippen LogP contribution is -2.42. The van der Waals surface area contributed by atoms with Gasteiger partial charge in [-0.05, 0) is 0 Å². The first-order valence-corrected chi connectivity index (χ1v) is 6.67. The van der Waals surface area contributed by atoms with Gasteiger partial charge in [-0.3, -0.25) is 9.69 Å². The summed E-state index contributed by atoms with van der Waals surface area (Å²) in [5.74, 6) is -0.369. The van der Waals surface area contributed by atoms with Crippen molar-refractivity contribution in [3.63, 3.8) is 0 Å². The molecule has 1 amide bonds. The average molecular weight is 277 g/mol. The molecule has 0 aliphatic carbocycles. The molecule has 1 saturated heterocycles. The lowest BCUT2D eigenvalue weighted by atomic mass is 10.1. The normalized spacial score (nSPS) is 16.9. The maximum absolute atomic E-state index is 12.0. The van der Waals surface area contributed by atoms with E-state index in [4.69, 9.17) is 9.94 Å². The van der Waals surface area contributed by atoms with E-state index in [1.54, 1.807) is 24.3 Å². The smallest absolute Gasteiger partial charge is 0.273 e. The second-order valence-electron chi connectivity index (χ2n) is 4.52. The zero-order valence-electron chi connectivity index (χ0n) is 11.3. The Kier molecular flexibility index (Phi) is 5.52. The fourth-order valence-electron chi connectivity index (χ4n) is 2.07. The number of ether oxygens (including phenoxy) is 1. The highest BCUT2D eigenvalue weighted by Gasteiger charge is 2.15. The third kappa shape index (κ3) is 4.04. The lowest BCUT2D eigenvalue weighted by Gasteiger charge is -2.26. The van der Waals surface area contributed by atoms with E-state index in [2.05, 4.69) is 15.4 Å². The number of hydrogen-bond donors (Lipinski definition) is 2. The van der Waals surface area contributed by atoms with Crippen LogP contribution in [0.5, 0.6) is 0 Å². The van der Waals surface area contributed by atoms with Crippen LogP contribution < -0.4 is 5.32 Å². The van der Waals surface area contributed by atoms with E-state index in [9.17, 15) is 4.79 Å². The molecule has 0 bridgehead atoms. The van der Waals surface area contributed by atoms with Gasteiger partial charge in [-0.2, -0.15) is 0 Å². The SMILES string of the molecule is O=C(NCCN1CCOCC1)/C(=N\O)c1ccccc1. The number of nitrogens with zero attached hydrogens (tertiary/aromatic N) is 2. The minimum atomic E-state index is -0.369. The molecular weight excluding hydrogens is 258 g/mol. The number of rotatable bonds is 5. The standard InChI is InChI=1S/C14H19N3O3/c18-14(13(16-19)12-4-2-1-3-5-12)15-6-7-17-8-10-20-11-9-17/h1-5,19H,6-11H2,(H,15,18)/b16-13-. The number of morpholine rings is 1. The van der Waals surface area contributed by atoms with Crippen LogP contribution in [0, 0.1) is 0 Å². The first kappa shape index (κ1) is 14.5. The second kappa shape index (κ2) is 7.62. The quantitative estimate of drug-likeness (QED) is 0.461. The molecule has 6 nitrogen and oxygen atoms in total. The molecule has 0 radical (unpaired) electrons. The molecule has 1 aliphatic heterocycles. The molecule has 1 heterocycles. The number of oxime groups is 1. The molecule has 0 atom stereocenters. The minimum absolute atomic E-state index is 0.0348. The summed E-state index contributed by atoms with van der Waals surface area (Å²) in [6, 6.07) is 8.89. The predicted octanol–water partition coefficient (Wildman–Crippen LogP) is 0.313. The van der Waals surface area contributed by atoms with Crippen LogP contribution in [-0.4, -0.2) is 61.1 Å². The number of carbonyl (C=O) groups excluding carboxylic acids is 1. The Bertz CT molecular complexity index is 456. The summed E-state index contributed by atoms with van der Waals surface area (Å²) in [5.41, 5.74) is 0.631. The highest BCUT2D eigenvalue weighted by Crippen LogP contribution is 2.01. The fourth-order valence-corrected chi connectivity index (χ4v) is 2.07. The van der Waals surface area contributed by atoms with Crippen LogP contribution in [-0.2, 0) is 9.53 Å². The van der Waals surface area contributed by atoms with Crippen molar-refractivity contribution in [1.82, 2.24) is 10.2 Å². The fraction of sp³-hybridized carbons (Fsp3) is 0.429. The van der Waals surface area contributed by atoms with Gasteiger partial charge in [-0.25, -0.2) is 0 Å². The Hall–Kier alpha value is -1.92. The average Bonchev–Trinajstić information content (AvgIpc) is 2.50. The number of nitrogens with one attached hydrogen (secondary N) is 1. The van der Waals surface area contributed by atoms with E-state index in [0.717, 1.165) is 32.8 Å². The van der Waals surface area contributed by atoms with E-state index in [1.807, 2.05) is 6.07 Å². The van der Waals surface area contributed by atoms with E-state index in [-0.39, 0.29) is 11.6 Å². The summed E-state index contributed by atoms with van der Waals surface area (Å²) in [7, 11) is 0. The molecule has 0 unspecified atom stereocenters. The van der Waals surface area contributed by atoms with E-state index >= 15 is 0 Å². The Morgan fingerprint density at radius 1 is 1.30 bits per heavy atom. The van der Waals surface area contributed by atoms with E-state index < -0.39 is 0 Å². The third-order valence-electron chi connectivity index (χ3n) is 3.18. The largest absolute Gasteiger partial charge is 0.410 e. The topological polar surface area (TPSA) is 74.2 Å². The number of benzene rings is 1. The van der Waals surface area contributed by atoms with Crippen molar-refractivity contribution < 1.29 is 14.7 Å². The van der Waals surface area contributed by atoms with Crippen molar-refractivity contribution in [1.29, 1.82) is 0 Å². The molecule has 0 saturated carbocycles. The summed E-state index contributed by atoms with van der Waals surface area (Å²) in [6.45, 7) is 4.53. The minimum Gasteiger partial charge on any atom is -0.410 e. The van der Waals surface area contributed by atoms with Gasteiger partial charge in [0.2, 0.25) is 0 Å². The van der Waals surface area contributed by atoms with Crippen LogP contribution >= 0.6 is 0 Å². The van der Waals surface area contributed by atoms with Gasteiger partial charge in [-0.1, -0.05) is 35.5 Å². The Morgan fingerprint density at radius 2 is 2.00 bits per heavy atom. The highest BCUT2D eigenvalue weighted by molar-refractivity contribution is 6.45. The maximum atomic E-state index is 12.0. The summed E-state index contributed by atoms with van der Waals surface area (Å²) < 4.78 is 5.26. The van der Waals surface area contributed by atoms with Crippen LogP contribution in [0.1, 0.15) is 5.56 Å². The summed E-state index contributed by atoms with van der Waals surface area (Å²) >= 11 is 0. The van der Waals surface area contributed by atoms with Crippen LogP contribution in [0.15, 0.2) is 35.5 Å². The molecule has 108 valence electrons. The lowest BCUT2D eigenvalue weighted by molar-refractivity contribution is -0.114. The monoisotopic (exact) mass is 277 g/mol. The first-order valence-electron chi connectivity index (χ1n) is 6.67. The summed E-state index contributed by atoms with van der Waals surface area (Å²) in [4.78, 5) is 14.2. The van der Waals surface area contributed by atoms with Crippen LogP contribution in [0.25, 0.3) is 0 Å². The maximum Gasteiger partial charge on any atom is 0.273 e. The van der Waals surface area contributed by atoms with Gasteiger partial charge in [0.05, 0.1) is 13.2 Å². The Labute approximate surface area is 118 Å². The molecule has 0 aromatic heterocycles. The molecule has 0 spiro atoms. The van der Waals surface area contributed by atoms with Crippen molar-refractivity contribution in [3.8, 4) is 0 Å². The van der Waals surface area contributed by atoms with Crippen LogP contribution in [0.3, 0.4) is 0 Å². The second-order valence-corrected chi connectivity index (χ2v) is 4.52. The van der Waals surface area contributed by atoms with Gasteiger partial charge in [0, 0.05) is 31.7 Å². The van der Waals surface area contributed by atoms with Gasteiger partial charge in [0.25, 0.3) is 5.91 Å². The van der Waals surface area contributed by atoms with Gasteiger partial charge < -0.3 is 15.3 Å². The van der Waals surface area contributed by atoms with Crippen molar-refractivity contribution >= 4 is 11.6 Å². The molecule has 1 aliphatic rings. The van der Waals surface area contributed by atoms with Gasteiger partial charge in [0.15, 0.2) is 5.71 Å². The highest BCUT2D eigenvalue weighted by atomic mass is 16.5. The van der Waals surface area contributed by atoms with Crippen LogP contribution in [0.4, 0.5) is 0 Å². The molecule has 2 N–H and O–H groups in total. The third-order valence-corrected chi connectivity index (χ3v) is 3.18. The van der Waals surface area contributed by atoms with E-state index in [1.165, 1.54) is 0 Å².